The van der Waals surface area contributed by atoms with Crippen molar-refractivity contribution in [1.29, 1.82) is 0 Å². The third kappa shape index (κ3) is 4.78. The van der Waals surface area contributed by atoms with Crippen LogP contribution >= 0.6 is 0 Å². The molecule has 1 N–H and O–H groups in total. The predicted octanol–water partition coefficient (Wildman–Crippen LogP) is 5.53. The van der Waals surface area contributed by atoms with Gasteiger partial charge in [-0.1, -0.05) is 60.2 Å². The molecule has 0 radical (unpaired) electrons. The number of benzene rings is 3. The average Bonchev–Trinajstić information content (AvgIpc) is 3.27. The fourth-order valence-corrected chi connectivity index (χ4v) is 4.35. The molecule has 1 aromatic heterocycles. The summed E-state index contributed by atoms with van der Waals surface area (Å²) in [4.78, 5) is 2.48. The quantitative estimate of drug-likeness (QED) is 0.411. The highest BCUT2D eigenvalue weighted by Crippen LogP contribution is 2.35. The van der Waals surface area contributed by atoms with Gasteiger partial charge < -0.3 is 9.47 Å². The molecule has 3 aromatic carbocycles. The summed E-state index contributed by atoms with van der Waals surface area (Å²) in [5, 5.41) is 7.93. The lowest BCUT2D eigenvalue weighted by Gasteiger charge is -2.27. The number of rotatable bonds is 7. The molecule has 0 amide bonds. The Bertz CT molecular complexity index is 1220. The first-order valence-corrected chi connectivity index (χ1v) is 11.4. The Morgan fingerprint density at radius 1 is 0.939 bits per heavy atom. The van der Waals surface area contributed by atoms with Crippen LogP contribution in [0.2, 0.25) is 0 Å². The van der Waals surface area contributed by atoms with Crippen LogP contribution in [-0.4, -0.2) is 28.8 Å². The van der Waals surface area contributed by atoms with Gasteiger partial charge in [0, 0.05) is 42.9 Å². The molecule has 0 unspecified atom stereocenters. The zero-order valence-electron chi connectivity index (χ0n) is 19.2. The second-order valence-electron chi connectivity index (χ2n) is 8.62. The van der Waals surface area contributed by atoms with Crippen molar-refractivity contribution >= 4 is 0 Å². The van der Waals surface area contributed by atoms with Gasteiger partial charge in [-0.3, -0.25) is 10.00 Å². The molecule has 1 aliphatic rings. The normalized spacial score (nSPS) is 13.5. The Kier molecular flexibility index (Phi) is 6.13. The predicted molar refractivity (Wildman–Crippen MR) is 130 cm³/mol. The average molecular weight is 440 g/mol. The van der Waals surface area contributed by atoms with Crippen LogP contribution in [-0.2, 0) is 26.1 Å². The molecule has 0 aliphatic carbocycles. The van der Waals surface area contributed by atoms with Crippen LogP contribution in [0.1, 0.15) is 27.9 Å². The molecule has 0 spiro atoms. The number of H-pyrrole nitrogens is 1. The molecule has 0 saturated heterocycles. The molecule has 33 heavy (non-hydrogen) atoms. The fraction of sp³-hybridized carbons (Fsp3) is 0.250. The van der Waals surface area contributed by atoms with E-state index in [-0.39, 0.29) is 0 Å². The van der Waals surface area contributed by atoms with Gasteiger partial charge in [0.1, 0.15) is 6.61 Å². The van der Waals surface area contributed by atoms with Crippen LogP contribution in [0.3, 0.4) is 0 Å². The van der Waals surface area contributed by atoms with Crippen LogP contribution in [0.5, 0.6) is 11.5 Å². The number of hydrogen-bond acceptors (Lipinski definition) is 4. The highest BCUT2D eigenvalue weighted by atomic mass is 16.5. The van der Waals surface area contributed by atoms with Crippen LogP contribution in [0.15, 0.2) is 72.8 Å². The van der Waals surface area contributed by atoms with Crippen molar-refractivity contribution < 1.29 is 9.47 Å². The summed E-state index contributed by atoms with van der Waals surface area (Å²) >= 11 is 0. The standard InChI is InChI=1S/C28H29N3O2/c1-20-8-10-22(11-9-20)19-33-26-13-12-23(16-27(26)32-2)28-24-18-31(15-14-25(24)29-30-28)17-21-6-4-3-5-7-21/h3-13,16H,14-15,17-19H2,1-2H3,(H,29,30). The van der Waals surface area contributed by atoms with Gasteiger partial charge in [0.05, 0.1) is 12.8 Å². The highest BCUT2D eigenvalue weighted by Gasteiger charge is 2.23. The van der Waals surface area contributed by atoms with E-state index >= 15 is 0 Å². The summed E-state index contributed by atoms with van der Waals surface area (Å²) in [5.41, 5.74) is 8.24. The van der Waals surface area contributed by atoms with Crippen molar-refractivity contribution in [1.82, 2.24) is 15.1 Å². The molecule has 168 valence electrons. The molecule has 1 aliphatic heterocycles. The Hall–Kier alpha value is -3.57. The van der Waals surface area contributed by atoms with Crippen molar-refractivity contribution in [2.45, 2.75) is 33.0 Å². The smallest absolute Gasteiger partial charge is 0.161 e. The van der Waals surface area contributed by atoms with E-state index in [2.05, 4.69) is 82.7 Å². The molecule has 4 aromatic rings. The van der Waals surface area contributed by atoms with E-state index < -0.39 is 0 Å². The molecule has 5 heteroatoms. The maximum atomic E-state index is 6.06. The maximum Gasteiger partial charge on any atom is 0.161 e. The number of nitrogens with one attached hydrogen (secondary N) is 1. The molecule has 0 saturated carbocycles. The Morgan fingerprint density at radius 2 is 1.76 bits per heavy atom. The van der Waals surface area contributed by atoms with E-state index in [4.69, 9.17) is 9.47 Å². The fourth-order valence-electron chi connectivity index (χ4n) is 4.35. The highest BCUT2D eigenvalue weighted by molar-refractivity contribution is 5.68. The topological polar surface area (TPSA) is 50.4 Å². The van der Waals surface area contributed by atoms with Gasteiger partial charge in [-0.25, -0.2) is 0 Å². The van der Waals surface area contributed by atoms with Crippen molar-refractivity contribution in [3.8, 4) is 22.8 Å². The maximum absolute atomic E-state index is 6.06. The lowest BCUT2D eigenvalue weighted by Crippen LogP contribution is -2.29. The first-order chi connectivity index (χ1) is 16.2. The minimum Gasteiger partial charge on any atom is -0.493 e. The van der Waals surface area contributed by atoms with E-state index in [0.29, 0.717) is 12.4 Å². The number of aromatic amines is 1. The van der Waals surface area contributed by atoms with Crippen molar-refractivity contribution in [3.63, 3.8) is 0 Å². The number of nitrogens with zero attached hydrogens (tertiary/aromatic N) is 2. The zero-order chi connectivity index (χ0) is 22.6. The minimum absolute atomic E-state index is 0.502. The number of ether oxygens (including phenoxy) is 2. The van der Waals surface area contributed by atoms with Crippen molar-refractivity contribution in [3.05, 3.63) is 101 Å². The van der Waals surface area contributed by atoms with E-state index in [1.165, 1.54) is 22.4 Å². The molecular weight excluding hydrogens is 410 g/mol. The Morgan fingerprint density at radius 3 is 2.55 bits per heavy atom. The summed E-state index contributed by atoms with van der Waals surface area (Å²) in [6.07, 6.45) is 0.976. The van der Waals surface area contributed by atoms with Crippen LogP contribution < -0.4 is 9.47 Å². The first-order valence-electron chi connectivity index (χ1n) is 11.4. The number of aryl methyl sites for hydroxylation is 1. The third-order valence-electron chi connectivity index (χ3n) is 6.21. The Labute approximate surface area is 195 Å². The summed E-state index contributed by atoms with van der Waals surface area (Å²) < 4.78 is 11.7. The summed E-state index contributed by atoms with van der Waals surface area (Å²) in [6, 6.07) is 25.1. The monoisotopic (exact) mass is 439 g/mol. The van der Waals surface area contributed by atoms with Gasteiger partial charge in [0.25, 0.3) is 0 Å². The van der Waals surface area contributed by atoms with Gasteiger partial charge in [-0.2, -0.15) is 5.10 Å². The molecule has 5 nitrogen and oxygen atoms in total. The number of methoxy groups -OCH3 is 1. The molecule has 5 rings (SSSR count). The van der Waals surface area contributed by atoms with Gasteiger partial charge in [-0.15, -0.1) is 0 Å². The minimum atomic E-state index is 0.502. The molecule has 2 heterocycles. The van der Waals surface area contributed by atoms with E-state index in [9.17, 15) is 0 Å². The summed E-state index contributed by atoms with van der Waals surface area (Å²) in [5.74, 6) is 1.45. The van der Waals surface area contributed by atoms with Crippen molar-refractivity contribution in [2.24, 2.45) is 0 Å². The van der Waals surface area contributed by atoms with E-state index in [1.54, 1.807) is 7.11 Å². The molecule has 0 bridgehead atoms. The largest absolute Gasteiger partial charge is 0.493 e. The zero-order valence-corrected chi connectivity index (χ0v) is 19.2. The summed E-state index contributed by atoms with van der Waals surface area (Å²) in [7, 11) is 1.68. The van der Waals surface area contributed by atoms with Crippen LogP contribution in [0.25, 0.3) is 11.3 Å². The van der Waals surface area contributed by atoms with Gasteiger partial charge in [0.15, 0.2) is 11.5 Å². The number of fused-ring (bicyclic) bond motifs is 1. The SMILES string of the molecule is COc1cc(-c2n[nH]c3c2CN(Cc2ccccc2)CC3)ccc1OCc1ccc(C)cc1. The van der Waals surface area contributed by atoms with E-state index in [1.807, 2.05) is 12.1 Å². The molecule has 0 fully saturated rings. The third-order valence-corrected chi connectivity index (χ3v) is 6.21. The lowest BCUT2D eigenvalue weighted by molar-refractivity contribution is 0.245. The second kappa shape index (κ2) is 9.51. The summed E-state index contributed by atoms with van der Waals surface area (Å²) in [6.45, 7) is 5.44. The van der Waals surface area contributed by atoms with Gasteiger partial charge in [-0.05, 0) is 36.2 Å². The number of aromatic nitrogens is 2. The lowest BCUT2D eigenvalue weighted by atomic mass is 10.00. The van der Waals surface area contributed by atoms with Crippen LogP contribution in [0, 0.1) is 6.92 Å². The van der Waals surface area contributed by atoms with Crippen molar-refractivity contribution in [2.75, 3.05) is 13.7 Å². The van der Waals surface area contributed by atoms with E-state index in [0.717, 1.165) is 48.6 Å². The van der Waals surface area contributed by atoms with Crippen LogP contribution in [0.4, 0.5) is 0 Å². The molecule has 0 atom stereocenters. The van der Waals surface area contributed by atoms with Gasteiger partial charge in [0.2, 0.25) is 0 Å². The number of hydrogen-bond donors (Lipinski definition) is 1. The Balaban J connectivity index is 1.34. The first kappa shape index (κ1) is 21.3. The van der Waals surface area contributed by atoms with Gasteiger partial charge >= 0.3 is 0 Å². The second-order valence-corrected chi connectivity index (χ2v) is 8.62. The molecular formula is C28H29N3O2.